The van der Waals surface area contributed by atoms with Crippen molar-refractivity contribution in [3.63, 3.8) is 0 Å². The third kappa shape index (κ3) is 16.5. The maximum absolute atomic E-state index is 12.1. The highest BCUT2D eigenvalue weighted by molar-refractivity contribution is 5.94. The first-order chi connectivity index (χ1) is 24.6. The molecule has 4 aromatic rings. The Labute approximate surface area is 300 Å². The van der Waals surface area contributed by atoms with Crippen LogP contribution in [0.25, 0.3) is 0 Å². The van der Waals surface area contributed by atoms with Gasteiger partial charge in [0.15, 0.2) is 0 Å². The molecule has 0 aliphatic carbocycles. The molecule has 2 N–H and O–H groups in total. The van der Waals surface area contributed by atoms with Crippen LogP contribution >= 0.6 is 0 Å². The number of carbonyl (C=O) groups is 4. The summed E-state index contributed by atoms with van der Waals surface area (Å²) in [4.78, 5) is 44.4. The molecule has 51 heavy (non-hydrogen) atoms. The molecule has 0 aromatic heterocycles. The lowest BCUT2D eigenvalue weighted by atomic mass is 10.1. The summed E-state index contributed by atoms with van der Waals surface area (Å²) in [5.74, 6) is -0.0505. The van der Waals surface area contributed by atoms with Crippen LogP contribution in [0.5, 0.6) is 11.5 Å². The smallest absolute Gasteiger partial charge is 0.335 e. The zero-order chi connectivity index (χ0) is 37.4. The number of carboxylic acid groups (broad SMARTS) is 1. The van der Waals surface area contributed by atoms with Crippen molar-refractivity contribution >= 4 is 23.8 Å². The second-order valence-corrected chi connectivity index (χ2v) is 11.1. The third-order valence-electron chi connectivity index (χ3n) is 7.55. The van der Waals surface area contributed by atoms with Crippen LogP contribution in [-0.2, 0) is 44.9 Å². The van der Waals surface area contributed by atoms with E-state index in [1.807, 2.05) is 91.9 Å². The summed E-state index contributed by atoms with van der Waals surface area (Å²) in [6.45, 7) is 7.30. The SMILES string of the molecule is CCc1ccc(C(=O)NCc2ccc(OCCC(=O)OC)cc2)cc1.CCc1ccc(C(=O)O)cc1.CCc1ccc(OCCC(=O)OC)cc1. The van der Waals surface area contributed by atoms with Crippen molar-refractivity contribution in [2.24, 2.45) is 0 Å². The van der Waals surface area contributed by atoms with Crippen LogP contribution in [0, 0.1) is 0 Å². The minimum absolute atomic E-state index is 0.0962. The van der Waals surface area contributed by atoms with Crippen LogP contribution in [0.1, 0.15) is 76.6 Å². The topological polar surface area (TPSA) is 137 Å². The first-order valence-corrected chi connectivity index (χ1v) is 16.9. The molecule has 272 valence electrons. The molecule has 10 nitrogen and oxygen atoms in total. The van der Waals surface area contributed by atoms with Crippen molar-refractivity contribution in [2.75, 3.05) is 27.4 Å². The average molecular weight is 700 g/mol. The highest BCUT2D eigenvalue weighted by Crippen LogP contribution is 2.14. The molecule has 0 spiro atoms. The fraction of sp³-hybridized carbons (Fsp3) is 0.317. The molecular formula is C41H49NO9. The molecule has 0 atom stereocenters. The van der Waals surface area contributed by atoms with E-state index in [1.54, 1.807) is 12.1 Å². The van der Waals surface area contributed by atoms with Crippen LogP contribution in [0.3, 0.4) is 0 Å². The molecule has 0 unspecified atom stereocenters. The number of amides is 1. The van der Waals surface area contributed by atoms with Crippen molar-refractivity contribution < 1.29 is 43.2 Å². The van der Waals surface area contributed by atoms with Crippen LogP contribution in [-0.4, -0.2) is 56.4 Å². The Kier molecular flexibility index (Phi) is 19.3. The number of aromatic carboxylic acids is 1. The predicted octanol–water partition coefficient (Wildman–Crippen LogP) is 7.26. The van der Waals surface area contributed by atoms with E-state index < -0.39 is 5.97 Å². The number of hydrogen-bond acceptors (Lipinski definition) is 8. The van der Waals surface area contributed by atoms with Gasteiger partial charge in [0.25, 0.3) is 5.91 Å². The third-order valence-corrected chi connectivity index (χ3v) is 7.55. The normalized spacial score (nSPS) is 9.90. The number of nitrogens with one attached hydrogen (secondary N) is 1. The van der Waals surface area contributed by atoms with Gasteiger partial charge in [-0.1, -0.05) is 69.3 Å². The van der Waals surface area contributed by atoms with Crippen molar-refractivity contribution in [1.82, 2.24) is 5.32 Å². The number of aryl methyl sites for hydroxylation is 3. The molecule has 0 saturated heterocycles. The average Bonchev–Trinajstić information content (AvgIpc) is 3.18. The van der Waals surface area contributed by atoms with Gasteiger partial charge in [0, 0.05) is 12.1 Å². The molecule has 0 aliphatic heterocycles. The predicted molar refractivity (Wildman–Crippen MR) is 196 cm³/mol. The number of rotatable bonds is 15. The summed E-state index contributed by atoms with van der Waals surface area (Å²) >= 11 is 0. The molecular weight excluding hydrogens is 650 g/mol. The fourth-order valence-electron chi connectivity index (χ4n) is 4.29. The number of benzene rings is 4. The summed E-state index contributed by atoms with van der Waals surface area (Å²) in [6.07, 6.45) is 3.41. The monoisotopic (exact) mass is 699 g/mol. The van der Waals surface area contributed by atoms with Crippen LogP contribution in [0.15, 0.2) is 97.1 Å². The van der Waals surface area contributed by atoms with Gasteiger partial charge < -0.3 is 29.4 Å². The van der Waals surface area contributed by atoms with E-state index >= 15 is 0 Å². The molecule has 0 heterocycles. The maximum Gasteiger partial charge on any atom is 0.335 e. The van der Waals surface area contributed by atoms with Gasteiger partial charge in [0.2, 0.25) is 0 Å². The van der Waals surface area contributed by atoms with E-state index in [-0.39, 0.29) is 37.3 Å². The number of methoxy groups -OCH3 is 2. The first-order valence-electron chi connectivity index (χ1n) is 16.9. The summed E-state index contributed by atoms with van der Waals surface area (Å²) in [7, 11) is 2.72. The number of carboxylic acids is 1. The van der Waals surface area contributed by atoms with Gasteiger partial charge in [-0.05, 0) is 90.0 Å². The minimum Gasteiger partial charge on any atom is -0.493 e. The van der Waals surface area contributed by atoms with Gasteiger partial charge in [-0.3, -0.25) is 14.4 Å². The standard InChI is InChI=1S/C20H23NO4.C12H16O3.C9H10O2/c1-3-15-4-8-17(9-5-15)20(23)21-14-16-6-10-18(11-7-16)25-13-12-19(22)24-2;1-3-10-4-6-11(7-5-10)15-9-8-12(13)14-2;1-2-7-3-5-8(6-4-7)9(10)11/h4-11H,3,12-14H2,1-2H3,(H,21,23);4-7H,3,8-9H2,1-2H3;3-6H,2H2,1H3,(H,10,11). The second kappa shape index (κ2) is 23.7. The highest BCUT2D eigenvalue weighted by Gasteiger charge is 2.06. The van der Waals surface area contributed by atoms with E-state index in [1.165, 1.54) is 25.3 Å². The van der Waals surface area contributed by atoms with Crippen LogP contribution in [0.2, 0.25) is 0 Å². The maximum atomic E-state index is 12.1. The number of carbonyl (C=O) groups excluding carboxylic acids is 3. The lowest BCUT2D eigenvalue weighted by molar-refractivity contribution is -0.142. The lowest BCUT2D eigenvalue weighted by Crippen LogP contribution is -2.22. The molecule has 10 heteroatoms. The van der Waals surface area contributed by atoms with Gasteiger partial charge >= 0.3 is 17.9 Å². The molecule has 0 saturated carbocycles. The van der Waals surface area contributed by atoms with Crippen molar-refractivity contribution in [2.45, 2.75) is 59.4 Å². The van der Waals surface area contributed by atoms with Gasteiger partial charge in [-0.2, -0.15) is 0 Å². The van der Waals surface area contributed by atoms with E-state index in [2.05, 4.69) is 28.6 Å². The lowest BCUT2D eigenvalue weighted by Gasteiger charge is -2.08. The van der Waals surface area contributed by atoms with Gasteiger partial charge in [-0.15, -0.1) is 0 Å². The molecule has 4 rings (SSSR count). The summed E-state index contributed by atoms with van der Waals surface area (Å²) in [5.41, 5.74) is 5.62. The Hall–Kier alpha value is -5.64. The van der Waals surface area contributed by atoms with Crippen molar-refractivity contribution in [1.29, 1.82) is 0 Å². The van der Waals surface area contributed by atoms with E-state index in [4.69, 9.17) is 14.6 Å². The van der Waals surface area contributed by atoms with Gasteiger partial charge in [0.05, 0.1) is 45.8 Å². The Balaban J connectivity index is 0.000000293. The highest BCUT2D eigenvalue weighted by atomic mass is 16.5. The van der Waals surface area contributed by atoms with Crippen molar-refractivity contribution in [3.05, 3.63) is 130 Å². The largest absolute Gasteiger partial charge is 0.493 e. The second-order valence-electron chi connectivity index (χ2n) is 11.1. The summed E-state index contributed by atoms with van der Waals surface area (Å²) in [5, 5.41) is 11.4. The van der Waals surface area contributed by atoms with Gasteiger partial charge in [-0.25, -0.2) is 4.79 Å². The molecule has 4 aromatic carbocycles. The van der Waals surface area contributed by atoms with Crippen molar-refractivity contribution in [3.8, 4) is 11.5 Å². The number of esters is 2. The number of hydrogen-bond donors (Lipinski definition) is 2. The molecule has 0 bridgehead atoms. The molecule has 0 fully saturated rings. The summed E-state index contributed by atoms with van der Waals surface area (Å²) < 4.78 is 19.9. The van der Waals surface area contributed by atoms with Crippen LogP contribution in [0.4, 0.5) is 0 Å². The Morgan fingerprint density at radius 1 is 0.529 bits per heavy atom. The fourth-order valence-corrected chi connectivity index (χ4v) is 4.29. The number of ether oxygens (including phenoxy) is 4. The Morgan fingerprint density at radius 2 is 0.882 bits per heavy atom. The van der Waals surface area contributed by atoms with Gasteiger partial charge in [0.1, 0.15) is 11.5 Å². The van der Waals surface area contributed by atoms with Crippen LogP contribution < -0.4 is 14.8 Å². The summed E-state index contributed by atoms with van der Waals surface area (Å²) in [6, 6.07) is 29.8. The Bertz CT molecular complexity index is 1620. The zero-order valence-electron chi connectivity index (χ0n) is 30.1. The molecule has 1 amide bonds. The minimum atomic E-state index is -0.868. The molecule has 0 aliphatic rings. The first kappa shape index (κ1) is 41.5. The van der Waals surface area contributed by atoms with E-state index in [9.17, 15) is 19.2 Å². The quantitative estimate of drug-likeness (QED) is 0.123. The Morgan fingerprint density at radius 3 is 1.24 bits per heavy atom. The van der Waals surface area contributed by atoms with E-state index in [0.29, 0.717) is 30.0 Å². The van der Waals surface area contributed by atoms with E-state index in [0.717, 1.165) is 36.1 Å². The molecule has 0 radical (unpaired) electrons. The zero-order valence-corrected chi connectivity index (χ0v) is 30.1.